The van der Waals surface area contributed by atoms with Gasteiger partial charge >= 0.3 is 12.1 Å². The van der Waals surface area contributed by atoms with Gasteiger partial charge in [0.1, 0.15) is 18.2 Å². The summed E-state index contributed by atoms with van der Waals surface area (Å²) < 4.78 is 23.3. The smallest absolute Gasteiger partial charge is 0.411 e. The maximum Gasteiger partial charge on any atom is 0.411 e. The van der Waals surface area contributed by atoms with Crippen LogP contribution in [-0.4, -0.2) is 54.5 Å². The number of carbonyl (C=O) groups excluding carboxylic acids is 2. The van der Waals surface area contributed by atoms with Crippen LogP contribution in [0.25, 0.3) is 0 Å². The standard InChI is InChI=1S/C16H25NO5/c1-6-8-20-12-10-13(14(18)21-9-7-2)17(11-12)15(19)22-16(3,4)5/h6-7,12-13H,1-2,8-11H2,3-5H3/t12-,13-/m0/s1/i3D. The van der Waals surface area contributed by atoms with Crippen molar-refractivity contribution in [2.45, 2.75) is 44.9 Å². The molecule has 0 aromatic heterocycles. The summed E-state index contributed by atoms with van der Waals surface area (Å²) in [5.41, 5.74) is -0.924. The summed E-state index contributed by atoms with van der Waals surface area (Å²) in [6.45, 7) is 10.9. The van der Waals surface area contributed by atoms with Crippen LogP contribution in [0, 0.1) is 0 Å². The zero-order chi connectivity index (χ0) is 17.5. The summed E-state index contributed by atoms with van der Waals surface area (Å²) >= 11 is 0. The monoisotopic (exact) mass is 312 g/mol. The van der Waals surface area contributed by atoms with Crippen LogP contribution in [0.3, 0.4) is 0 Å². The molecule has 6 heteroatoms. The van der Waals surface area contributed by atoms with Gasteiger partial charge in [0, 0.05) is 7.79 Å². The van der Waals surface area contributed by atoms with Crippen LogP contribution in [0.15, 0.2) is 25.3 Å². The fraction of sp³-hybridized carbons (Fsp3) is 0.625. The number of rotatable bonds is 6. The van der Waals surface area contributed by atoms with Gasteiger partial charge in [0.15, 0.2) is 0 Å². The maximum atomic E-state index is 12.3. The molecule has 1 rings (SSSR count). The van der Waals surface area contributed by atoms with E-state index in [1.54, 1.807) is 19.9 Å². The maximum absolute atomic E-state index is 12.3. The molecule has 0 unspecified atom stereocenters. The van der Waals surface area contributed by atoms with Gasteiger partial charge in [-0.3, -0.25) is 4.90 Å². The van der Waals surface area contributed by atoms with E-state index >= 15 is 0 Å². The molecule has 124 valence electrons. The van der Waals surface area contributed by atoms with Gasteiger partial charge in [-0.05, 0) is 20.7 Å². The first-order chi connectivity index (χ1) is 10.8. The molecule has 0 bridgehead atoms. The van der Waals surface area contributed by atoms with Crippen molar-refractivity contribution >= 4 is 12.1 Å². The predicted molar refractivity (Wildman–Crippen MR) is 82.4 cm³/mol. The Morgan fingerprint density at radius 3 is 2.64 bits per heavy atom. The molecule has 6 nitrogen and oxygen atoms in total. The number of nitrogens with zero attached hydrogens (tertiary/aromatic N) is 1. The molecule has 1 saturated heterocycles. The Hall–Kier alpha value is -1.82. The Balaban J connectivity index is 2.80. The van der Waals surface area contributed by atoms with Gasteiger partial charge in [-0.15, -0.1) is 6.58 Å². The van der Waals surface area contributed by atoms with Crippen molar-refractivity contribution in [2.75, 3.05) is 19.8 Å². The average molecular weight is 312 g/mol. The number of hydrogen-bond acceptors (Lipinski definition) is 5. The molecule has 0 spiro atoms. The van der Waals surface area contributed by atoms with E-state index in [1.807, 2.05) is 0 Å². The lowest BCUT2D eigenvalue weighted by Gasteiger charge is -2.27. The highest BCUT2D eigenvalue weighted by atomic mass is 16.6. The number of hydrogen-bond donors (Lipinski definition) is 0. The largest absolute Gasteiger partial charge is 0.460 e. The molecule has 0 aromatic carbocycles. The minimum atomic E-state index is -0.924. The predicted octanol–water partition coefficient (Wildman–Crippen LogP) is 2.30. The van der Waals surface area contributed by atoms with E-state index in [2.05, 4.69) is 13.2 Å². The van der Waals surface area contributed by atoms with Crippen LogP contribution in [0.1, 0.15) is 28.5 Å². The van der Waals surface area contributed by atoms with Crippen molar-refractivity contribution in [1.82, 2.24) is 4.90 Å². The number of likely N-dealkylation sites (tertiary alicyclic amines) is 1. The van der Waals surface area contributed by atoms with Gasteiger partial charge < -0.3 is 14.2 Å². The summed E-state index contributed by atoms with van der Waals surface area (Å²) in [5.74, 6) is -0.518. The highest BCUT2D eigenvalue weighted by Gasteiger charge is 2.42. The Morgan fingerprint density at radius 1 is 1.36 bits per heavy atom. The van der Waals surface area contributed by atoms with Gasteiger partial charge in [-0.2, -0.15) is 0 Å². The quantitative estimate of drug-likeness (QED) is 0.556. The fourth-order valence-electron chi connectivity index (χ4n) is 2.08. The number of amides is 1. The molecular weight excluding hydrogens is 286 g/mol. The Labute approximate surface area is 133 Å². The van der Waals surface area contributed by atoms with Crippen LogP contribution >= 0.6 is 0 Å². The lowest BCUT2D eigenvalue weighted by Crippen LogP contribution is -2.44. The van der Waals surface area contributed by atoms with Gasteiger partial charge in [0.2, 0.25) is 0 Å². The van der Waals surface area contributed by atoms with Gasteiger partial charge in [0.05, 0.1) is 19.3 Å². The number of carbonyl (C=O) groups is 2. The van der Waals surface area contributed by atoms with E-state index < -0.39 is 23.7 Å². The second-order valence-electron chi connectivity index (χ2n) is 5.69. The van der Waals surface area contributed by atoms with E-state index in [-0.39, 0.29) is 26.2 Å². The lowest BCUT2D eigenvalue weighted by atomic mass is 10.2. The van der Waals surface area contributed by atoms with Gasteiger partial charge in [-0.25, -0.2) is 9.59 Å². The van der Waals surface area contributed by atoms with Crippen LogP contribution in [-0.2, 0) is 19.0 Å². The first kappa shape index (κ1) is 16.5. The summed E-state index contributed by atoms with van der Waals surface area (Å²) in [4.78, 5) is 25.8. The highest BCUT2D eigenvalue weighted by molar-refractivity contribution is 5.82. The second-order valence-corrected chi connectivity index (χ2v) is 5.69. The fourth-order valence-corrected chi connectivity index (χ4v) is 2.08. The molecule has 1 fully saturated rings. The molecule has 0 N–H and O–H groups in total. The van der Waals surface area contributed by atoms with Gasteiger partial charge in [-0.1, -0.05) is 18.7 Å². The van der Waals surface area contributed by atoms with Crippen molar-refractivity contribution in [3.8, 4) is 0 Å². The number of ether oxygens (including phenoxy) is 3. The topological polar surface area (TPSA) is 65.1 Å². The van der Waals surface area contributed by atoms with Crippen LogP contribution in [0.5, 0.6) is 0 Å². The minimum absolute atomic E-state index is 0.0749. The number of esters is 1. The first-order valence-electron chi connectivity index (χ1n) is 7.84. The third-order valence-corrected chi connectivity index (χ3v) is 2.93. The van der Waals surface area contributed by atoms with E-state index in [0.717, 1.165) is 0 Å². The second kappa shape index (κ2) is 7.98. The summed E-state index contributed by atoms with van der Waals surface area (Å²) in [6.07, 6.45) is 2.47. The van der Waals surface area contributed by atoms with Crippen molar-refractivity contribution in [2.24, 2.45) is 0 Å². The average Bonchev–Trinajstić information content (AvgIpc) is 2.94. The van der Waals surface area contributed by atoms with E-state index in [0.29, 0.717) is 13.0 Å². The van der Waals surface area contributed by atoms with Gasteiger partial charge in [0.25, 0.3) is 0 Å². The molecule has 0 aliphatic carbocycles. The Kier molecular flexibility index (Phi) is 6.00. The zero-order valence-corrected chi connectivity index (χ0v) is 13.2. The van der Waals surface area contributed by atoms with Crippen LogP contribution in [0.4, 0.5) is 4.79 Å². The van der Waals surface area contributed by atoms with E-state index in [1.165, 1.54) is 11.0 Å². The molecule has 1 aliphatic heterocycles. The summed E-state index contributed by atoms with van der Waals surface area (Å²) in [7, 11) is 0. The van der Waals surface area contributed by atoms with Crippen LogP contribution in [0.2, 0.25) is 0 Å². The molecule has 1 heterocycles. The highest BCUT2D eigenvalue weighted by Crippen LogP contribution is 2.24. The summed E-state index contributed by atoms with van der Waals surface area (Å²) in [6, 6.07) is -0.765. The third-order valence-electron chi connectivity index (χ3n) is 2.93. The molecule has 1 aliphatic rings. The summed E-state index contributed by atoms with van der Waals surface area (Å²) in [5, 5.41) is 0. The SMILES string of the molecule is [2H]CC(C)(C)OC(=O)N1C[C@@H](OCC=C)C[C@H]1C(=O)OCC=C. The molecule has 22 heavy (non-hydrogen) atoms. The van der Waals surface area contributed by atoms with Crippen molar-refractivity contribution in [1.29, 1.82) is 0 Å². The van der Waals surface area contributed by atoms with Crippen molar-refractivity contribution in [3.05, 3.63) is 25.3 Å². The third kappa shape index (κ3) is 5.52. The molecule has 0 aromatic rings. The van der Waals surface area contributed by atoms with Crippen molar-refractivity contribution < 1.29 is 25.2 Å². The zero-order valence-electron chi connectivity index (χ0n) is 14.2. The molecule has 1 amide bonds. The van der Waals surface area contributed by atoms with E-state index in [4.69, 9.17) is 15.6 Å². The minimum Gasteiger partial charge on any atom is -0.460 e. The molecular formula is C16H25NO5. The Bertz CT molecular complexity index is 452. The first-order valence-corrected chi connectivity index (χ1v) is 7.13. The molecule has 0 saturated carbocycles. The lowest BCUT2D eigenvalue weighted by molar-refractivity contribution is -0.147. The molecule has 0 radical (unpaired) electrons. The molecule has 2 atom stereocenters. The Morgan fingerprint density at radius 2 is 2.05 bits per heavy atom. The van der Waals surface area contributed by atoms with Crippen LogP contribution < -0.4 is 0 Å². The van der Waals surface area contributed by atoms with E-state index in [9.17, 15) is 9.59 Å². The normalized spacial score (nSPS) is 21.9. The van der Waals surface area contributed by atoms with Crippen molar-refractivity contribution in [3.63, 3.8) is 0 Å².